The van der Waals surface area contributed by atoms with Gasteiger partial charge in [0.25, 0.3) is 5.69 Å². The van der Waals surface area contributed by atoms with Crippen LogP contribution in [0, 0.1) is 10.1 Å². The number of nitrogens with zero attached hydrogens (tertiary/aromatic N) is 1. The van der Waals surface area contributed by atoms with E-state index in [1.165, 1.54) is 12.1 Å². The van der Waals surface area contributed by atoms with Crippen molar-refractivity contribution in [3.63, 3.8) is 0 Å². The molecule has 0 spiro atoms. The van der Waals surface area contributed by atoms with Gasteiger partial charge in [0.2, 0.25) is 0 Å². The molecule has 1 atom stereocenters. The minimum Gasteiger partial charge on any atom is -0.480 e. The molecule has 1 aromatic carbocycles. The van der Waals surface area contributed by atoms with Crippen molar-refractivity contribution in [2.45, 2.75) is 19.4 Å². The number of carboxylic acids is 1. The van der Waals surface area contributed by atoms with Gasteiger partial charge in [-0.1, -0.05) is 22.9 Å². The van der Waals surface area contributed by atoms with Crippen LogP contribution in [-0.4, -0.2) is 22.0 Å². The van der Waals surface area contributed by atoms with E-state index in [2.05, 4.69) is 21.2 Å². The van der Waals surface area contributed by atoms with Gasteiger partial charge in [0.05, 0.1) is 4.92 Å². The van der Waals surface area contributed by atoms with Crippen LogP contribution in [0.25, 0.3) is 0 Å². The number of nitro benzene ring substituents is 1. The van der Waals surface area contributed by atoms with E-state index in [1.807, 2.05) is 0 Å². The molecule has 0 fully saturated rings. The monoisotopic (exact) mass is 302 g/mol. The molecule has 0 unspecified atom stereocenters. The van der Waals surface area contributed by atoms with Crippen LogP contribution in [0.3, 0.4) is 0 Å². The van der Waals surface area contributed by atoms with Crippen LogP contribution in [0.15, 0.2) is 22.7 Å². The van der Waals surface area contributed by atoms with Crippen molar-refractivity contribution in [3.05, 3.63) is 32.8 Å². The van der Waals surface area contributed by atoms with Crippen molar-refractivity contribution in [1.82, 2.24) is 0 Å². The molecule has 7 heteroatoms. The third-order valence-electron chi connectivity index (χ3n) is 2.19. The molecule has 0 saturated heterocycles. The number of carbonyl (C=O) groups is 1. The quantitative estimate of drug-likeness (QED) is 0.644. The Hall–Kier alpha value is -1.63. The summed E-state index contributed by atoms with van der Waals surface area (Å²) in [5.41, 5.74) is 0.0477. The number of hydrogen-bond acceptors (Lipinski definition) is 4. The molecule has 0 radical (unpaired) electrons. The lowest BCUT2D eigenvalue weighted by atomic mass is 10.2. The molecule has 17 heavy (non-hydrogen) atoms. The average molecular weight is 303 g/mol. The van der Waals surface area contributed by atoms with Gasteiger partial charge in [0.15, 0.2) is 0 Å². The summed E-state index contributed by atoms with van der Waals surface area (Å²) >= 11 is 3.13. The standard InChI is InChI=1S/C10H11BrN2O4/c1-2-7(10(14)15)12-8-4-3-6(11)5-9(8)13(16)17/h3-5,7,12H,2H2,1H3,(H,14,15)/t7-/m0/s1. The number of carboxylic acid groups (broad SMARTS) is 1. The number of halogens is 1. The fourth-order valence-corrected chi connectivity index (χ4v) is 1.65. The van der Waals surface area contributed by atoms with Gasteiger partial charge in [-0.05, 0) is 18.6 Å². The summed E-state index contributed by atoms with van der Waals surface area (Å²) in [5.74, 6) is -1.04. The molecule has 0 aliphatic rings. The van der Waals surface area contributed by atoms with Gasteiger partial charge in [0, 0.05) is 10.5 Å². The predicted molar refractivity (Wildman–Crippen MR) is 66.1 cm³/mol. The molecule has 2 N–H and O–H groups in total. The third kappa shape index (κ3) is 3.42. The first-order valence-electron chi connectivity index (χ1n) is 4.89. The van der Waals surface area contributed by atoms with Gasteiger partial charge >= 0.3 is 5.97 Å². The largest absolute Gasteiger partial charge is 0.480 e. The first kappa shape index (κ1) is 13.4. The summed E-state index contributed by atoms with van der Waals surface area (Å²) in [6.07, 6.45) is 0.336. The predicted octanol–water partition coefficient (Wildman–Crippen LogP) is 2.63. The number of nitro groups is 1. The molecule has 0 bridgehead atoms. The van der Waals surface area contributed by atoms with E-state index in [9.17, 15) is 14.9 Å². The Morgan fingerprint density at radius 2 is 2.29 bits per heavy atom. The summed E-state index contributed by atoms with van der Waals surface area (Å²) < 4.78 is 0.568. The lowest BCUT2D eigenvalue weighted by Crippen LogP contribution is -2.28. The lowest BCUT2D eigenvalue weighted by Gasteiger charge is -2.13. The Kier molecular flexibility index (Phi) is 4.45. The molecule has 0 aliphatic carbocycles. The Morgan fingerprint density at radius 1 is 1.65 bits per heavy atom. The van der Waals surface area contributed by atoms with Crippen LogP contribution in [0.2, 0.25) is 0 Å². The number of aliphatic carboxylic acids is 1. The summed E-state index contributed by atoms with van der Waals surface area (Å²) in [5, 5.41) is 22.3. The molecule has 0 aliphatic heterocycles. The SMILES string of the molecule is CC[C@H](Nc1ccc(Br)cc1[N+](=O)[O-])C(=O)O. The van der Waals surface area contributed by atoms with Gasteiger partial charge in [-0.15, -0.1) is 0 Å². The summed E-state index contributed by atoms with van der Waals surface area (Å²) in [7, 11) is 0. The smallest absolute Gasteiger partial charge is 0.326 e. The maximum atomic E-state index is 10.8. The van der Waals surface area contributed by atoms with Crippen molar-refractivity contribution in [1.29, 1.82) is 0 Å². The molecule has 0 heterocycles. The van der Waals surface area contributed by atoms with Crippen LogP contribution < -0.4 is 5.32 Å². The van der Waals surface area contributed by atoms with Crippen LogP contribution in [0.4, 0.5) is 11.4 Å². The van der Waals surface area contributed by atoms with E-state index in [0.717, 1.165) is 0 Å². The minimum atomic E-state index is -1.04. The first-order valence-corrected chi connectivity index (χ1v) is 5.68. The van der Waals surface area contributed by atoms with Crippen molar-refractivity contribution < 1.29 is 14.8 Å². The Morgan fingerprint density at radius 3 is 2.76 bits per heavy atom. The summed E-state index contributed by atoms with van der Waals surface area (Å²) in [4.78, 5) is 21.1. The highest BCUT2D eigenvalue weighted by atomic mass is 79.9. The highest BCUT2D eigenvalue weighted by Crippen LogP contribution is 2.28. The second kappa shape index (κ2) is 5.62. The molecule has 1 rings (SSSR count). The van der Waals surface area contributed by atoms with Gasteiger partial charge in [-0.3, -0.25) is 10.1 Å². The Balaban J connectivity index is 3.05. The summed E-state index contributed by atoms with van der Waals surface area (Å²) in [6, 6.07) is 3.59. The molecule has 6 nitrogen and oxygen atoms in total. The number of rotatable bonds is 5. The van der Waals surface area contributed by atoms with Gasteiger partial charge in [-0.2, -0.15) is 0 Å². The molecule has 0 amide bonds. The van der Waals surface area contributed by atoms with Crippen LogP contribution >= 0.6 is 15.9 Å². The molecular formula is C10H11BrN2O4. The summed E-state index contributed by atoms with van der Waals surface area (Å²) in [6.45, 7) is 1.69. The van der Waals surface area contributed by atoms with Gasteiger partial charge in [0.1, 0.15) is 11.7 Å². The molecular weight excluding hydrogens is 292 g/mol. The van der Waals surface area contributed by atoms with E-state index >= 15 is 0 Å². The first-order chi connectivity index (χ1) is 7.95. The number of nitrogens with one attached hydrogen (secondary N) is 1. The second-order valence-corrected chi connectivity index (χ2v) is 4.28. The van der Waals surface area contributed by atoms with E-state index in [1.54, 1.807) is 13.0 Å². The minimum absolute atomic E-state index is 0.154. The second-order valence-electron chi connectivity index (χ2n) is 3.36. The Labute approximate surface area is 106 Å². The van der Waals surface area contributed by atoms with Crippen molar-refractivity contribution in [3.8, 4) is 0 Å². The maximum absolute atomic E-state index is 10.8. The fraction of sp³-hybridized carbons (Fsp3) is 0.300. The number of hydrogen-bond donors (Lipinski definition) is 2. The van der Waals surface area contributed by atoms with Gasteiger partial charge in [-0.25, -0.2) is 4.79 Å². The lowest BCUT2D eigenvalue weighted by molar-refractivity contribution is -0.384. The number of anilines is 1. The van der Waals surface area contributed by atoms with Crippen LogP contribution in [0.1, 0.15) is 13.3 Å². The van der Waals surface area contributed by atoms with Crippen molar-refractivity contribution in [2.24, 2.45) is 0 Å². The zero-order valence-corrected chi connectivity index (χ0v) is 10.6. The molecule has 1 aromatic rings. The van der Waals surface area contributed by atoms with Crippen LogP contribution in [0.5, 0.6) is 0 Å². The molecule has 92 valence electrons. The van der Waals surface area contributed by atoms with E-state index in [0.29, 0.717) is 10.9 Å². The zero-order chi connectivity index (χ0) is 13.0. The Bertz CT molecular complexity index is 450. The van der Waals surface area contributed by atoms with E-state index < -0.39 is 16.9 Å². The third-order valence-corrected chi connectivity index (χ3v) is 2.69. The normalized spacial score (nSPS) is 11.9. The van der Waals surface area contributed by atoms with Gasteiger partial charge < -0.3 is 10.4 Å². The average Bonchev–Trinajstić information content (AvgIpc) is 2.26. The highest BCUT2D eigenvalue weighted by Gasteiger charge is 2.20. The van der Waals surface area contributed by atoms with E-state index in [4.69, 9.17) is 5.11 Å². The van der Waals surface area contributed by atoms with Crippen molar-refractivity contribution in [2.75, 3.05) is 5.32 Å². The topological polar surface area (TPSA) is 92.5 Å². The number of benzene rings is 1. The molecule has 0 aromatic heterocycles. The molecule has 0 saturated carbocycles. The maximum Gasteiger partial charge on any atom is 0.326 e. The van der Waals surface area contributed by atoms with Crippen LogP contribution in [-0.2, 0) is 4.79 Å². The van der Waals surface area contributed by atoms with Crippen molar-refractivity contribution >= 4 is 33.3 Å². The zero-order valence-electron chi connectivity index (χ0n) is 9.01. The highest BCUT2D eigenvalue weighted by molar-refractivity contribution is 9.10. The fourth-order valence-electron chi connectivity index (χ4n) is 1.30. The van der Waals surface area contributed by atoms with E-state index in [-0.39, 0.29) is 11.4 Å².